The lowest BCUT2D eigenvalue weighted by Gasteiger charge is -2.11. The first kappa shape index (κ1) is 18.8. The number of methoxy groups -OCH3 is 1. The molecular formula is C17H21ClN2O3. The number of carbonyl (C=O) groups excluding carboxylic acids is 1. The number of nitrogens with two attached hydrogens (primary N) is 1. The van der Waals surface area contributed by atoms with Gasteiger partial charge in [0, 0.05) is 12.6 Å². The van der Waals surface area contributed by atoms with Crippen LogP contribution in [0.25, 0.3) is 0 Å². The van der Waals surface area contributed by atoms with Crippen LogP contribution < -0.4 is 20.5 Å². The van der Waals surface area contributed by atoms with Gasteiger partial charge in [0.2, 0.25) is 0 Å². The second kappa shape index (κ2) is 9.71. The van der Waals surface area contributed by atoms with Crippen molar-refractivity contribution in [2.75, 3.05) is 20.2 Å². The van der Waals surface area contributed by atoms with Gasteiger partial charge >= 0.3 is 0 Å². The van der Waals surface area contributed by atoms with Crippen molar-refractivity contribution in [3.63, 3.8) is 0 Å². The standard InChI is InChI=1S/C17H20N2O3.ClH/c1-21-16-12-14(22-13-6-3-2-4-7-13)8-9-15(16)17(20)19-11-5-10-18;/h2-4,6-9,12H,5,10-11,18H2,1H3,(H,19,20);1H. The SMILES string of the molecule is COc1cc(Oc2ccccc2)ccc1C(=O)NCCCN.Cl. The van der Waals surface area contributed by atoms with E-state index in [1.165, 1.54) is 7.11 Å². The minimum atomic E-state index is -0.184. The molecule has 1 amide bonds. The van der Waals surface area contributed by atoms with Gasteiger partial charge in [-0.3, -0.25) is 4.79 Å². The Balaban J connectivity index is 0.00000264. The van der Waals surface area contributed by atoms with Gasteiger partial charge in [-0.05, 0) is 37.2 Å². The number of amides is 1. The number of hydrogen-bond donors (Lipinski definition) is 2. The smallest absolute Gasteiger partial charge is 0.255 e. The van der Waals surface area contributed by atoms with Crippen molar-refractivity contribution in [3.8, 4) is 17.2 Å². The minimum Gasteiger partial charge on any atom is -0.496 e. The maximum Gasteiger partial charge on any atom is 0.255 e. The highest BCUT2D eigenvalue weighted by Crippen LogP contribution is 2.28. The molecule has 0 aliphatic heterocycles. The third-order valence-corrected chi connectivity index (χ3v) is 3.06. The van der Waals surface area contributed by atoms with Gasteiger partial charge in [0.15, 0.2) is 0 Å². The Labute approximate surface area is 142 Å². The van der Waals surface area contributed by atoms with Gasteiger partial charge in [-0.1, -0.05) is 18.2 Å². The molecule has 0 aromatic heterocycles. The molecule has 0 fully saturated rings. The normalized spacial score (nSPS) is 9.65. The number of benzene rings is 2. The summed E-state index contributed by atoms with van der Waals surface area (Å²) in [5, 5.41) is 2.80. The van der Waals surface area contributed by atoms with E-state index in [-0.39, 0.29) is 18.3 Å². The Hall–Kier alpha value is -2.24. The van der Waals surface area contributed by atoms with Crippen molar-refractivity contribution in [3.05, 3.63) is 54.1 Å². The van der Waals surface area contributed by atoms with Crippen LogP contribution in [0.15, 0.2) is 48.5 Å². The monoisotopic (exact) mass is 336 g/mol. The quantitative estimate of drug-likeness (QED) is 0.762. The summed E-state index contributed by atoms with van der Waals surface area (Å²) >= 11 is 0. The molecular weight excluding hydrogens is 316 g/mol. The van der Waals surface area contributed by atoms with Gasteiger partial charge in [-0.15, -0.1) is 12.4 Å². The first-order chi connectivity index (χ1) is 10.7. The molecule has 2 aromatic carbocycles. The zero-order valence-electron chi connectivity index (χ0n) is 13.0. The van der Waals surface area contributed by atoms with Crippen molar-refractivity contribution in [2.45, 2.75) is 6.42 Å². The molecule has 0 atom stereocenters. The molecule has 3 N–H and O–H groups in total. The lowest BCUT2D eigenvalue weighted by atomic mass is 10.1. The molecule has 0 aliphatic rings. The Kier molecular flexibility index (Phi) is 7.94. The van der Waals surface area contributed by atoms with Crippen molar-refractivity contribution in [1.29, 1.82) is 0 Å². The number of hydrogen-bond acceptors (Lipinski definition) is 4. The number of carbonyl (C=O) groups is 1. The lowest BCUT2D eigenvalue weighted by Crippen LogP contribution is -2.26. The van der Waals surface area contributed by atoms with E-state index in [9.17, 15) is 4.79 Å². The maximum absolute atomic E-state index is 12.1. The van der Waals surface area contributed by atoms with Gasteiger partial charge < -0.3 is 20.5 Å². The molecule has 0 spiro atoms. The molecule has 124 valence electrons. The summed E-state index contributed by atoms with van der Waals surface area (Å²) in [5.74, 6) is 1.63. The summed E-state index contributed by atoms with van der Waals surface area (Å²) in [6.07, 6.45) is 0.739. The van der Waals surface area contributed by atoms with Crippen LogP contribution in [0.3, 0.4) is 0 Å². The van der Waals surface area contributed by atoms with Gasteiger partial charge in [0.25, 0.3) is 5.91 Å². The van der Waals surface area contributed by atoms with E-state index in [4.69, 9.17) is 15.2 Å². The summed E-state index contributed by atoms with van der Waals surface area (Å²) < 4.78 is 11.0. The highest BCUT2D eigenvalue weighted by atomic mass is 35.5. The van der Waals surface area contributed by atoms with E-state index < -0.39 is 0 Å². The van der Waals surface area contributed by atoms with Crippen molar-refractivity contribution in [1.82, 2.24) is 5.32 Å². The number of rotatable bonds is 7. The van der Waals surface area contributed by atoms with Crippen LogP contribution in [0.2, 0.25) is 0 Å². The van der Waals surface area contributed by atoms with Crippen LogP contribution >= 0.6 is 12.4 Å². The molecule has 0 bridgehead atoms. The molecule has 0 radical (unpaired) electrons. The predicted molar refractivity (Wildman–Crippen MR) is 92.8 cm³/mol. The Morgan fingerprint density at radius 2 is 1.87 bits per heavy atom. The summed E-state index contributed by atoms with van der Waals surface area (Å²) in [5.41, 5.74) is 5.88. The highest BCUT2D eigenvalue weighted by molar-refractivity contribution is 5.97. The lowest BCUT2D eigenvalue weighted by molar-refractivity contribution is 0.0950. The summed E-state index contributed by atoms with van der Waals surface area (Å²) in [6, 6.07) is 14.6. The van der Waals surface area contributed by atoms with Gasteiger partial charge in [-0.2, -0.15) is 0 Å². The summed E-state index contributed by atoms with van der Waals surface area (Å²) in [4.78, 5) is 12.1. The molecule has 2 rings (SSSR count). The second-order valence-electron chi connectivity index (χ2n) is 4.68. The molecule has 0 heterocycles. The fraction of sp³-hybridized carbons (Fsp3) is 0.235. The number of ether oxygens (including phenoxy) is 2. The van der Waals surface area contributed by atoms with E-state index in [0.717, 1.165) is 12.2 Å². The van der Waals surface area contributed by atoms with E-state index >= 15 is 0 Å². The second-order valence-corrected chi connectivity index (χ2v) is 4.68. The zero-order valence-corrected chi connectivity index (χ0v) is 13.8. The molecule has 5 nitrogen and oxygen atoms in total. The van der Waals surface area contributed by atoms with Crippen LogP contribution in [0.1, 0.15) is 16.8 Å². The topological polar surface area (TPSA) is 73.6 Å². The first-order valence-corrected chi connectivity index (χ1v) is 7.14. The fourth-order valence-electron chi connectivity index (χ4n) is 1.95. The predicted octanol–water partition coefficient (Wildman–Crippen LogP) is 2.99. The third kappa shape index (κ3) is 5.47. The molecule has 6 heteroatoms. The Morgan fingerprint density at radius 1 is 1.13 bits per heavy atom. The number of nitrogens with one attached hydrogen (secondary N) is 1. The summed E-state index contributed by atoms with van der Waals surface area (Å²) in [7, 11) is 1.53. The molecule has 0 saturated heterocycles. The third-order valence-electron chi connectivity index (χ3n) is 3.06. The van der Waals surface area contributed by atoms with Gasteiger partial charge in [-0.25, -0.2) is 0 Å². The summed E-state index contributed by atoms with van der Waals surface area (Å²) in [6.45, 7) is 1.09. The molecule has 0 unspecified atom stereocenters. The van der Waals surface area contributed by atoms with Crippen LogP contribution in [0, 0.1) is 0 Å². The fourth-order valence-corrected chi connectivity index (χ4v) is 1.95. The highest BCUT2D eigenvalue weighted by Gasteiger charge is 2.13. The number of para-hydroxylation sites is 1. The number of halogens is 1. The van der Waals surface area contributed by atoms with Gasteiger partial charge in [0.05, 0.1) is 12.7 Å². The molecule has 0 saturated carbocycles. The minimum absolute atomic E-state index is 0. The Morgan fingerprint density at radius 3 is 2.52 bits per heavy atom. The van der Waals surface area contributed by atoms with E-state index in [1.807, 2.05) is 30.3 Å². The van der Waals surface area contributed by atoms with E-state index in [1.54, 1.807) is 18.2 Å². The average molecular weight is 337 g/mol. The maximum atomic E-state index is 12.1. The van der Waals surface area contributed by atoms with Crippen molar-refractivity contribution < 1.29 is 14.3 Å². The van der Waals surface area contributed by atoms with E-state index in [2.05, 4.69) is 5.32 Å². The zero-order chi connectivity index (χ0) is 15.8. The first-order valence-electron chi connectivity index (χ1n) is 7.14. The van der Waals surface area contributed by atoms with Crippen LogP contribution in [-0.4, -0.2) is 26.1 Å². The largest absolute Gasteiger partial charge is 0.496 e. The van der Waals surface area contributed by atoms with Crippen LogP contribution in [-0.2, 0) is 0 Å². The average Bonchev–Trinajstić information content (AvgIpc) is 2.55. The van der Waals surface area contributed by atoms with Crippen LogP contribution in [0.5, 0.6) is 17.2 Å². The Bertz CT molecular complexity index is 620. The molecule has 23 heavy (non-hydrogen) atoms. The van der Waals surface area contributed by atoms with Crippen molar-refractivity contribution in [2.24, 2.45) is 5.73 Å². The van der Waals surface area contributed by atoms with Crippen LogP contribution in [0.4, 0.5) is 0 Å². The molecule has 0 aliphatic carbocycles. The molecule has 2 aromatic rings. The van der Waals surface area contributed by atoms with Gasteiger partial charge in [0.1, 0.15) is 17.2 Å². The van der Waals surface area contributed by atoms with Crippen molar-refractivity contribution >= 4 is 18.3 Å². The van der Waals surface area contributed by atoms with E-state index in [0.29, 0.717) is 30.2 Å².